The van der Waals surface area contributed by atoms with Crippen LogP contribution in [0.5, 0.6) is 0 Å². The SMILES string of the molecule is CC(=O)C(C)(C)COCC(C)(C)Cn1cc(CC(C)C)nn1. The molecule has 0 amide bonds. The largest absolute Gasteiger partial charge is 0.380 e. The number of carbonyl (C=O) groups excluding carboxylic acids is 1. The number of rotatable bonds is 9. The fourth-order valence-corrected chi connectivity index (χ4v) is 2.10. The third kappa shape index (κ3) is 6.26. The molecule has 0 fully saturated rings. The van der Waals surface area contributed by atoms with E-state index < -0.39 is 5.41 Å². The lowest BCUT2D eigenvalue weighted by atomic mass is 9.90. The molecule has 1 aromatic rings. The van der Waals surface area contributed by atoms with Gasteiger partial charge in [-0.15, -0.1) is 5.10 Å². The van der Waals surface area contributed by atoms with Crippen molar-refractivity contribution in [2.75, 3.05) is 13.2 Å². The molecule has 1 aromatic heterocycles. The zero-order valence-electron chi connectivity index (χ0n) is 15.1. The first-order chi connectivity index (χ1) is 10.0. The van der Waals surface area contributed by atoms with Crippen LogP contribution in [0.25, 0.3) is 0 Å². The molecule has 0 radical (unpaired) electrons. The maximum absolute atomic E-state index is 11.5. The second-order valence-corrected chi connectivity index (χ2v) is 8.10. The van der Waals surface area contributed by atoms with Crippen LogP contribution < -0.4 is 0 Å². The van der Waals surface area contributed by atoms with Crippen molar-refractivity contribution < 1.29 is 9.53 Å². The van der Waals surface area contributed by atoms with Crippen LogP contribution in [0, 0.1) is 16.7 Å². The van der Waals surface area contributed by atoms with Gasteiger partial charge in [0.1, 0.15) is 5.78 Å². The summed E-state index contributed by atoms with van der Waals surface area (Å²) >= 11 is 0. The van der Waals surface area contributed by atoms with E-state index in [1.165, 1.54) is 0 Å². The van der Waals surface area contributed by atoms with Crippen molar-refractivity contribution in [2.45, 2.75) is 61.4 Å². The number of Topliss-reactive ketones (excluding diaryl/α,β-unsaturated/α-hetero) is 1. The Kier molecular flexibility index (Phi) is 6.29. The first kappa shape index (κ1) is 18.8. The molecule has 1 rings (SSSR count). The molecule has 0 aliphatic heterocycles. The van der Waals surface area contributed by atoms with Crippen LogP contribution in [0.2, 0.25) is 0 Å². The van der Waals surface area contributed by atoms with Gasteiger partial charge in [-0.05, 0) is 19.3 Å². The number of carbonyl (C=O) groups is 1. The Balaban J connectivity index is 2.49. The highest BCUT2D eigenvalue weighted by Gasteiger charge is 2.26. The van der Waals surface area contributed by atoms with E-state index in [2.05, 4.69) is 38.0 Å². The Morgan fingerprint density at radius 1 is 1.27 bits per heavy atom. The molecule has 0 bridgehead atoms. The van der Waals surface area contributed by atoms with E-state index in [1.807, 2.05) is 24.7 Å². The lowest BCUT2D eigenvalue weighted by Crippen LogP contribution is -2.32. The van der Waals surface area contributed by atoms with Gasteiger partial charge in [-0.3, -0.25) is 9.48 Å². The van der Waals surface area contributed by atoms with E-state index in [4.69, 9.17) is 4.74 Å². The smallest absolute Gasteiger partial charge is 0.137 e. The second kappa shape index (κ2) is 7.36. The predicted molar refractivity (Wildman–Crippen MR) is 87.6 cm³/mol. The molecule has 0 unspecified atom stereocenters. The number of aromatic nitrogens is 3. The first-order valence-corrected chi connectivity index (χ1v) is 8.00. The molecular weight excluding hydrogens is 278 g/mol. The number of hydrogen-bond donors (Lipinski definition) is 0. The van der Waals surface area contributed by atoms with Gasteiger partial charge in [0.15, 0.2) is 0 Å². The van der Waals surface area contributed by atoms with E-state index in [1.54, 1.807) is 6.92 Å². The maximum atomic E-state index is 11.5. The van der Waals surface area contributed by atoms with Gasteiger partial charge in [0.05, 0.1) is 18.9 Å². The Labute approximate surface area is 134 Å². The van der Waals surface area contributed by atoms with Crippen molar-refractivity contribution >= 4 is 5.78 Å². The van der Waals surface area contributed by atoms with Gasteiger partial charge in [-0.2, -0.15) is 0 Å². The molecule has 0 aromatic carbocycles. The highest BCUT2D eigenvalue weighted by atomic mass is 16.5. The summed E-state index contributed by atoms with van der Waals surface area (Å²) < 4.78 is 7.67. The molecule has 0 spiro atoms. The van der Waals surface area contributed by atoms with Crippen LogP contribution in [0.4, 0.5) is 0 Å². The summed E-state index contributed by atoms with van der Waals surface area (Å²) in [5, 5.41) is 8.41. The number of ether oxygens (including phenoxy) is 1. The molecule has 0 aliphatic carbocycles. The summed E-state index contributed by atoms with van der Waals surface area (Å²) in [4.78, 5) is 11.5. The fraction of sp³-hybridized carbons (Fsp3) is 0.824. The topological polar surface area (TPSA) is 57.0 Å². The highest BCUT2D eigenvalue weighted by Crippen LogP contribution is 2.22. The van der Waals surface area contributed by atoms with Crippen LogP contribution in [0.15, 0.2) is 6.20 Å². The molecule has 5 nitrogen and oxygen atoms in total. The predicted octanol–water partition coefficient (Wildman–Crippen LogP) is 3.13. The van der Waals surface area contributed by atoms with E-state index in [9.17, 15) is 4.79 Å². The molecule has 0 atom stereocenters. The van der Waals surface area contributed by atoms with Crippen molar-refractivity contribution in [1.29, 1.82) is 0 Å². The summed E-state index contributed by atoms with van der Waals surface area (Å²) in [6.45, 7) is 15.8. The molecule has 0 saturated carbocycles. The molecule has 126 valence electrons. The van der Waals surface area contributed by atoms with Crippen LogP contribution in [0.3, 0.4) is 0 Å². The van der Waals surface area contributed by atoms with E-state index in [0.717, 1.165) is 18.7 Å². The highest BCUT2D eigenvalue weighted by molar-refractivity contribution is 5.81. The van der Waals surface area contributed by atoms with Crippen molar-refractivity contribution in [3.05, 3.63) is 11.9 Å². The average molecular weight is 309 g/mol. The van der Waals surface area contributed by atoms with Gasteiger partial charge in [0, 0.05) is 23.6 Å². The third-order valence-electron chi connectivity index (χ3n) is 3.70. The molecular formula is C17H31N3O2. The van der Waals surface area contributed by atoms with E-state index >= 15 is 0 Å². The average Bonchev–Trinajstić information content (AvgIpc) is 2.73. The first-order valence-electron chi connectivity index (χ1n) is 8.00. The van der Waals surface area contributed by atoms with Crippen molar-refractivity contribution in [2.24, 2.45) is 16.7 Å². The zero-order chi connectivity index (χ0) is 17.0. The molecule has 0 saturated heterocycles. The Morgan fingerprint density at radius 2 is 1.91 bits per heavy atom. The summed E-state index contributed by atoms with van der Waals surface area (Å²) in [6, 6.07) is 0. The van der Waals surface area contributed by atoms with Crippen molar-refractivity contribution in [3.63, 3.8) is 0 Å². The Hall–Kier alpha value is -1.23. The third-order valence-corrected chi connectivity index (χ3v) is 3.70. The monoisotopic (exact) mass is 309 g/mol. The molecule has 5 heteroatoms. The minimum atomic E-state index is -0.423. The van der Waals surface area contributed by atoms with Crippen molar-refractivity contribution in [3.8, 4) is 0 Å². The van der Waals surface area contributed by atoms with E-state index in [-0.39, 0.29) is 11.2 Å². The number of ketones is 1. The minimum Gasteiger partial charge on any atom is -0.380 e. The van der Waals surface area contributed by atoms with Gasteiger partial charge >= 0.3 is 0 Å². The lowest BCUT2D eigenvalue weighted by molar-refractivity contribution is -0.128. The van der Waals surface area contributed by atoms with Crippen LogP contribution in [0.1, 0.15) is 54.2 Å². The van der Waals surface area contributed by atoms with Crippen molar-refractivity contribution in [1.82, 2.24) is 15.0 Å². The van der Waals surface area contributed by atoms with Gasteiger partial charge in [-0.25, -0.2) is 0 Å². The summed E-state index contributed by atoms with van der Waals surface area (Å²) in [5.74, 6) is 0.732. The van der Waals surface area contributed by atoms with Gasteiger partial charge < -0.3 is 4.74 Å². The standard InChI is InChI=1S/C17H31N3O2/c1-13(2)8-15-9-20(19-18-15)10-16(4,5)11-22-12-17(6,7)14(3)21/h9,13H,8,10-12H2,1-7H3. The summed E-state index contributed by atoms with van der Waals surface area (Å²) in [7, 11) is 0. The van der Waals surface area contributed by atoms with Crippen LogP contribution in [-0.4, -0.2) is 34.0 Å². The number of hydrogen-bond acceptors (Lipinski definition) is 4. The van der Waals surface area contributed by atoms with Gasteiger partial charge in [-0.1, -0.05) is 46.8 Å². The van der Waals surface area contributed by atoms with E-state index in [0.29, 0.717) is 19.1 Å². The second-order valence-electron chi connectivity index (χ2n) is 8.10. The summed E-state index contributed by atoms with van der Waals surface area (Å²) in [6.07, 6.45) is 2.96. The maximum Gasteiger partial charge on any atom is 0.137 e. The quantitative estimate of drug-likeness (QED) is 0.703. The minimum absolute atomic E-state index is 0.0599. The normalized spacial score (nSPS) is 12.9. The molecule has 22 heavy (non-hydrogen) atoms. The molecule has 0 aliphatic rings. The fourth-order valence-electron chi connectivity index (χ4n) is 2.10. The van der Waals surface area contributed by atoms with Gasteiger partial charge in [0.25, 0.3) is 0 Å². The Bertz CT molecular complexity index is 490. The molecule has 0 N–H and O–H groups in total. The number of nitrogens with zero attached hydrogens (tertiary/aromatic N) is 3. The molecule has 1 heterocycles. The van der Waals surface area contributed by atoms with Gasteiger partial charge in [0.2, 0.25) is 0 Å². The lowest BCUT2D eigenvalue weighted by Gasteiger charge is -2.27. The zero-order valence-corrected chi connectivity index (χ0v) is 15.1. The summed E-state index contributed by atoms with van der Waals surface area (Å²) in [5.41, 5.74) is 0.549. The van der Waals surface area contributed by atoms with Crippen LogP contribution in [-0.2, 0) is 22.5 Å². The Morgan fingerprint density at radius 3 is 2.45 bits per heavy atom. The van der Waals surface area contributed by atoms with Crippen LogP contribution >= 0.6 is 0 Å².